The third-order valence-electron chi connectivity index (χ3n) is 2.97. The van der Waals surface area contributed by atoms with Crippen molar-refractivity contribution in [3.05, 3.63) is 36.9 Å². The maximum absolute atomic E-state index is 12.0. The fraction of sp³-hybridized carbons (Fsp3) is 0.357. The summed E-state index contributed by atoms with van der Waals surface area (Å²) in [6.45, 7) is 5.47. The Labute approximate surface area is 118 Å². The van der Waals surface area contributed by atoms with Gasteiger partial charge in [0, 0.05) is 18.2 Å². The van der Waals surface area contributed by atoms with E-state index < -0.39 is 0 Å². The summed E-state index contributed by atoms with van der Waals surface area (Å²) in [7, 11) is 0. The predicted molar refractivity (Wildman–Crippen MR) is 77.7 cm³/mol. The molecule has 1 aromatic heterocycles. The minimum atomic E-state index is -0.0649. The zero-order valence-corrected chi connectivity index (χ0v) is 11.7. The Hall–Kier alpha value is -2.21. The molecule has 0 radical (unpaired) electrons. The largest absolute Gasteiger partial charge is 0.326 e. The van der Waals surface area contributed by atoms with Crippen LogP contribution in [0.15, 0.2) is 36.9 Å². The first kappa shape index (κ1) is 14.2. The molecule has 2 N–H and O–H groups in total. The lowest BCUT2D eigenvalue weighted by Crippen LogP contribution is -2.30. The van der Waals surface area contributed by atoms with E-state index in [0.717, 1.165) is 17.9 Å². The number of nitrogens with one attached hydrogen (secondary N) is 2. The van der Waals surface area contributed by atoms with E-state index in [1.54, 1.807) is 11.0 Å². The van der Waals surface area contributed by atoms with Crippen molar-refractivity contribution in [1.82, 2.24) is 20.1 Å². The van der Waals surface area contributed by atoms with E-state index in [-0.39, 0.29) is 11.8 Å². The van der Waals surface area contributed by atoms with Crippen molar-refractivity contribution >= 4 is 11.6 Å². The number of benzene rings is 1. The molecule has 2 aromatic rings. The van der Waals surface area contributed by atoms with Crippen molar-refractivity contribution in [1.29, 1.82) is 0 Å². The lowest BCUT2D eigenvalue weighted by Gasteiger charge is -2.12. The Morgan fingerprint density at radius 3 is 2.70 bits per heavy atom. The van der Waals surface area contributed by atoms with E-state index in [9.17, 15) is 4.79 Å². The highest BCUT2D eigenvalue weighted by Gasteiger charge is 2.12. The zero-order chi connectivity index (χ0) is 14.4. The van der Waals surface area contributed by atoms with E-state index in [0.29, 0.717) is 6.54 Å². The fourth-order valence-corrected chi connectivity index (χ4v) is 1.76. The Kier molecular flexibility index (Phi) is 4.84. The molecule has 6 heteroatoms. The summed E-state index contributed by atoms with van der Waals surface area (Å²) in [5.74, 6) is -0.0515. The number of nitrogens with zero attached hydrogens (tertiary/aromatic N) is 3. The SMILES string of the molecule is CCNCC(C)C(=O)Nc1ccc(-n2cncn2)cc1. The van der Waals surface area contributed by atoms with Crippen LogP contribution in [0.25, 0.3) is 5.69 Å². The molecule has 0 aliphatic heterocycles. The molecule has 0 bridgehead atoms. The van der Waals surface area contributed by atoms with Crippen LogP contribution in [0.2, 0.25) is 0 Å². The van der Waals surface area contributed by atoms with Crippen molar-refractivity contribution in [2.75, 3.05) is 18.4 Å². The number of anilines is 1. The van der Waals surface area contributed by atoms with Crippen LogP contribution in [-0.4, -0.2) is 33.8 Å². The molecular weight excluding hydrogens is 254 g/mol. The highest BCUT2D eigenvalue weighted by Crippen LogP contribution is 2.13. The molecule has 1 unspecified atom stereocenters. The molecule has 1 amide bonds. The minimum Gasteiger partial charge on any atom is -0.326 e. The van der Waals surface area contributed by atoms with Gasteiger partial charge in [-0.3, -0.25) is 4.79 Å². The van der Waals surface area contributed by atoms with Gasteiger partial charge in [-0.1, -0.05) is 13.8 Å². The molecule has 0 aliphatic carbocycles. The molecule has 0 saturated carbocycles. The number of carbonyl (C=O) groups is 1. The molecule has 0 saturated heterocycles. The van der Waals surface area contributed by atoms with Crippen molar-refractivity contribution in [3.63, 3.8) is 0 Å². The average molecular weight is 273 g/mol. The third-order valence-corrected chi connectivity index (χ3v) is 2.97. The van der Waals surface area contributed by atoms with Crippen LogP contribution in [0.1, 0.15) is 13.8 Å². The number of aromatic nitrogens is 3. The molecule has 0 aliphatic rings. The van der Waals surface area contributed by atoms with Gasteiger partial charge in [0.05, 0.1) is 5.69 Å². The van der Waals surface area contributed by atoms with Crippen molar-refractivity contribution in [2.45, 2.75) is 13.8 Å². The van der Waals surface area contributed by atoms with Gasteiger partial charge in [0.1, 0.15) is 12.7 Å². The van der Waals surface area contributed by atoms with Crippen LogP contribution in [0, 0.1) is 5.92 Å². The number of rotatable bonds is 6. The smallest absolute Gasteiger partial charge is 0.228 e. The second kappa shape index (κ2) is 6.81. The standard InChI is InChI=1S/C14H19N5O/c1-3-15-8-11(2)14(20)18-12-4-6-13(7-5-12)19-10-16-9-17-19/h4-7,9-11,15H,3,8H2,1-2H3,(H,18,20). The molecule has 2 rings (SSSR count). The highest BCUT2D eigenvalue weighted by atomic mass is 16.1. The maximum atomic E-state index is 12.0. The van der Waals surface area contributed by atoms with E-state index in [4.69, 9.17) is 0 Å². The predicted octanol–water partition coefficient (Wildman–Crippen LogP) is 1.45. The quantitative estimate of drug-likeness (QED) is 0.835. The second-order valence-corrected chi connectivity index (χ2v) is 4.58. The number of carbonyl (C=O) groups excluding carboxylic acids is 1. The number of hydrogen-bond donors (Lipinski definition) is 2. The van der Waals surface area contributed by atoms with Gasteiger partial charge in [-0.15, -0.1) is 0 Å². The highest BCUT2D eigenvalue weighted by molar-refractivity contribution is 5.92. The van der Waals surface area contributed by atoms with Gasteiger partial charge in [-0.25, -0.2) is 9.67 Å². The fourth-order valence-electron chi connectivity index (χ4n) is 1.76. The zero-order valence-electron chi connectivity index (χ0n) is 11.7. The summed E-state index contributed by atoms with van der Waals surface area (Å²) in [5.41, 5.74) is 1.68. The van der Waals surface area contributed by atoms with Crippen LogP contribution in [0.4, 0.5) is 5.69 Å². The van der Waals surface area contributed by atoms with Crippen LogP contribution in [0.5, 0.6) is 0 Å². The number of amides is 1. The molecule has 1 aromatic carbocycles. The van der Waals surface area contributed by atoms with Crippen molar-refractivity contribution in [3.8, 4) is 5.69 Å². The van der Waals surface area contributed by atoms with Crippen LogP contribution in [0.3, 0.4) is 0 Å². The Balaban J connectivity index is 1.95. The average Bonchev–Trinajstić information content (AvgIpc) is 2.99. The number of hydrogen-bond acceptors (Lipinski definition) is 4. The summed E-state index contributed by atoms with van der Waals surface area (Å²) in [6.07, 6.45) is 3.12. The van der Waals surface area contributed by atoms with Crippen LogP contribution < -0.4 is 10.6 Å². The normalized spacial score (nSPS) is 12.1. The topological polar surface area (TPSA) is 71.8 Å². The van der Waals surface area contributed by atoms with Crippen molar-refractivity contribution in [2.24, 2.45) is 5.92 Å². The van der Waals surface area contributed by atoms with Gasteiger partial charge in [0.25, 0.3) is 0 Å². The summed E-state index contributed by atoms with van der Waals surface area (Å²) >= 11 is 0. The first-order valence-corrected chi connectivity index (χ1v) is 6.67. The van der Waals surface area contributed by atoms with Crippen LogP contribution >= 0.6 is 0 Å². The van der Waals surface area contributed by atoms with E-state index in [1.165, 1.54) is 6.33 Å². The lowest BCUT2D eigenvalue weighted by atomic mass is 10.1. The minimum absolute atomic E-state index is 0.0134. The molecule has 0 spiro atoms. The van der Waals surface area contributed by atoms with Crippen LogP contribution in [-0.2, 0) is 4.79 Å². The van der Waals surface area contributed by atoms with E-state index in [1.807, 2.05) is 38.1 Å². The monoisotopic (exact) mass is 273 g/mol. The molecule has 106 valence electrons. The molecular formula is C14H19N5O. The summed E-state index contributed by atoms with van der Waals surface area (Å²) in [4.78, 5) is 15.8. The Morgan fingerprint density at radius 1 is 1.35 bits per heavy atom. The first-order chi connectivity index (χ1) is 9.70. The van der Waals surface area contributed by atoms with E-state index >= 15 is 0 Å². The first-order valence-electron chi connectivity index (χ1n) is 6.67. The third kappa shape index (κ3) is 3.64. The summed E-state index contributed by atoms with van der Waals surface area (Å²) < 4.78 is 1.67. The Morgan fingerprint density at radius 2 is 2.10 bits per heavy atom. The van der Waals surface area contributed by atoms with Gasteiger partial charge in [0.2, 0.25) is 5.91 Å². The van der Waals surface area contributed by atoms with Gasteiger partial charge in [-0.2, -0.15) is 5.10 Å². The molecule has 6 nitrogen and oxygen atoms in total. The lowest BCUT2D eigenvalue weighted by molar-refractivity contribution is -0.119. The van der Waals surface area contributed by atoms with Gasteiger partial charge >= 0.3 is 0 Å². The van der Waals surface area contributed by atoms with Gasteiger partial charge in [0.15, 0.2) is 0 Å². The maximum Gasteiger partial charge on any atom is 0.228 e. The van der Waals surface area contributed by atoms with E-state index in [2.05, 4.69) is 20.7 Å². The van der Waals surface area contributed by atoms with Gasteiger partial charge < -0.3 is 10.6 Å². The molecule has 1 heterocycles. The van der Waals surface area contributed by atoms with Gasteiger partial charge in [-0.05, 0) is 30.8 Å². The molecule has 0 fully saturated rings. The summed E-state index contributed by atoms with van der Waals surface area (Å²) in [6, 6.07) is 7.49. The Bertz CT molecular complexity index is 535. The summed E-state index contributed by atoms with van der Waals surface area (Å²) in [5, 5.41) is 10.1. The molecule has 20 heavy (non-hydrogen) atoms. The second-order valence-electron chi connectivity index (χ2n) is 4.58. The van der Waals surface area contributed by atoms with Crippen molar-refractivity contribution < 1.29 is 4.79 Å². The molecule has 1 atom stereocenters.